The molecule has 0 radical (unpaired) electrons. The van der Waals surface area contributed by atoms with E-state index in [0.717, 1.165) is 17.1 Å². The second kappa shape index (κ2) is 4.63. The van der Waals surface area contributed by atoms with Crippen molar-refractivity contribution in [3.8, 4) is 0 Å². The molecule has 1 heterocycles. The highest BCUT2D eigenvalue weighted by Gasteiger charge is 1.96. The van der Waals surface area contributed by atoms with Gasteiger partial charge in [0.2, 0.25) is 0 Å². The molecule has 1 aromatic heterocycles. The summed E-state index contributed by atoms with van der Waals surface area (Å²) in [6.07, 6.45) is 3.08. The van der Waals surface area contributed by atoms with E-state index in [4.69, 9.17) is 11.6 Å². The van der Waals surface area contributed by atoms with Crippen molar-refractivity contribution in [1.82, 2.24) is 4.98 Å². The molecule has 1 aromatic rings. The minimum atomic E-state index is 0.606. The third kappa shape index (κ3) is 2.61. The van der Waals surface area contributed by atoms with Gasteiger partial charge in [-0.25, -0.2) is 4.98 Å². The van der Waals surface area contributed by atoms with Crippen LogP contribution in [0.3, 0.4) is 0 Å². The quantitative estimate of drug-likeness (QED) is 0.683. The van der Waals surface area contributed by atoms with Gasteiger partial charge in [-0.2, -0.15) is 0 Å². The summed E-state index contributed by atoms with van der Waals surface area (Å²) in [6.45, 7) is 4.11. The van der Waals surface area contributed by atoms with E-state index in [-0.39, 0.29) is 0 Å². The van der Waals surface area contributed by atoms with E-state index in [0.29, 0.717) is 5.88 Å². The monoisotopic (exact) mass is 201 g/mol. The molecule has 0 amide bonds. The van der Waals surface area contributed by atoms with E-state index >= 15 is 0 Å². The molecule has 0 saturated carbocycles. The molecular weight excluding hydrogens is 190 g/mol. The second-order valence-electron chi connectivity index (χ2n) is 2.62. The molecule has 0 aliphatic carbocycles. The molecule has 1 nitrogen and oxygen atoms in total. The number of hydrogen-bond acceptors (Lipinski definition) is 2. The van der Waals surface area contributed by atoms with Gasteiger partial charge in [0, 0.05) is 17.0 Å². The van der Waals surface area contributed by atoms with E-state index < -0.39 is 0 Å². The number of rotatable bonds is 3. The maximum atomic E-state index is 5.73. The zero-order valence-electron chi connectivity index (χ0n) is 7.30. The molecule has 0 spiro atoms. The van der Waals surface area contributed by atoms with Gasteiger partial charge in [-0.05, 0) is 19.4 Å². The fourth-order valence-corrected chi connectivity index (χ4v) is 1.89. The van der Waals surface area contributed by atoms with Crippen LogP contribution in [0.4, 0.5) is 0 Å². The molecule has 1 rings (SSSR count). The molecule has 0 fully saturated rings. The van der Waals surface area contributed by atoms with Crippen molar-refractivity contribution in [2.45, 2.75) is 20.3 Å². The third-order valence-corrected chi connectivity index (χ3v) is 2.84. The predicted octanol–water partition coefficient (Wildman–Crippen LogP) is 3.48. The average Bonchev–Trinajstić information content (AvgIpc) is 2.47. The van der Waals surface area contributed by atoms with Crippen LogP contribution >= 0.6 is 22.9 Å². The van der Waals surface area contributed by atoms with Crippen molar-refractivity contribution < 1.29 is 0 Å². The minimum absolute atomic E-state index is 0.606. The van der Waals surface area contributed by atoms with Gasteiger partial charge in [-0.1, -0.05) is 12.5 Å². The highest BCUT2D eigenvalue weighted by Crippen LogP contribution is 2.15. The molecule has 12 heavy (non-hydrogen) atoms. The Morgan fingerprint density at radius 3 is 2.92 bits per heavy atom. The normalized spacial score (nSPS) is 12.1. The summed E-state index contributed by atoms with van der Waals surface area (Å²) in [5.74, 6) is 0.606. The van der Waals surface area contributed by atoms with E-state index in [1.807, 2.05) is 12.3 Å². The topological polar surface area (TPSA) is 12.9 Å². The number of halogens is 1. The van der Waals surface area contributed by atoms with Crippen LogP contribution in [0.1, 0.15) is 24.0 Å². The lowest BCUT2D eigenvalue weighted by molar-refractivity contribution is 1.11. The largest absolute Gasteiger partial charge is 0.242 e. The maximum Gasteiger partial charge on any atom is 0.116 e. The van der Waals surface area contributed by atoms with E-state index in [1.165, 1.54) is 5.57 Å². The molecule has 66 valence electrons. The van der Waals surface area contributed by atoms with Crippen LogP contribution in [0.25, 0.3) is 6.08 Å². The molecule has 0 aliphatic heterocycles. The van der Waals surface area contributed by atoms with E-state index in [1.54, 1.807) is 11.3 Å². The van der Waals surface area contributed by atoms with Crippen molar-refractivity contribution in [3.05, 3.63) is 21.7 Å². The van der Waals surface area contributed by atoms with Crippen molar-refractivity contribution in [2.75, 3.05) is 5.88 Å². The van der Waals surface area contributed by atoms with Crippen LogP contribution in [0.15, 0.2) is 11.0 Å². The number of nitrogens with zero attached hydrogens (tertiary/aromatic N) is 1. The lowest BCUT2D eigenvalue weighted by Gasteiger charge is -1.94. The Bertz CT molecular complexity index is 272. The average molecular weight is 202 g/mol. The summed E-state index contributed by atoms with van der Waals surface area (Å²) in [6, 6.07) is 0. The molecule has 3 heteroatoms. The SMILES string of the molecule is CCC(=Cc1nc(C)cs1)CCl. The smallest absolute Gasteiger partial charge is 0.116 e. The summed E-state index contributed by atoms with van der Waals surface area (Å²) < 4.78 is 0. The van der Waals surface area contributed by atoms with Gasteiger partial charge < -0.3 is 0 Å². The highest BCUT2D eigenvalue weighted by molar-refractivity contribution is 7.10. The molecule has 0 N–H and O–H groups in total. The number of aromatic nitrogens is 1. The summed E-state index contributed by atoms with van der Waals surface area (Å²) in [5.41, 5.74) is 2.32. The fraction of sp³-hybridized carbons (Fsp3) is 0.444. The summed E-state index contributed by atoms with van der Waals surface area (Å²) >= 11 is 7.40. The van der Waals surface area contributed by atoms with Crippen molar-refractivity contribution in [3.63, 3.8) is 0 Å². The van der Waals surface area contributed by atoms with Crippen LogP contribution in [-0.4, -0.2) is 10.9 Å². The van der Waals surface area contributed by atoms with Crippen LogP contribution in [0.5, 0.6) is 0 Å². The highest BCUT2D eigenvalue weighted by atomic mass is 35.5. The number of thiazole rings is 1. The Morgan fingerprint density at radius 1 is 1.75 bits per heavy atom. The molecule has 0 bridgehead atoms. The first-order valence-electron chi connectivity index (χ1n) is 3.93. The fourth-order valence-electron chi connectivity index (χ4n) is 0.848. The van der Waals surface area contributed by atoms with Gasteiger partial charge in [0.15, 0.2) is 0 Å². The molecule has 0 aromatic carbocycles. The first kappa shape index (κ1) is 9.75. The van der Waals surface area contributed by atoms with Gasteiger partial charge in [0.25, 0.3) is 0 Å². The Hall–Kier alpha value is -0.340. The number of alkyl halides is 1. The summed E-state index contributed by atoms with van der Waals surface area (Å²) in [7, 11) is 0. The van der Waals surface area contributed by atoms with Gasteiger partial charge in [0.1, 0.15) is 5.01 Å². The van der Waals surface area contributed by atoms with Crippen molar-refractivity contribution >= 4 is 29.0 Å². The Balaban J connectivity index is 2.78. The second-order valence-corrected chi connectivity index (χ2v) is 3.77. The first-order valence-corrected chi connectivity index (χ1v) is 5.35. The van der Waals surface area contributed by atoms with Gasteiger partial charge >= 0.3 is 0 Å². The van der Waals surface area contributed by atoms with E-state index in [2.05, 4.69) is 18.0 Å². The van der Waals surface area contributed by atoms with Gasteiger partial charge in [-0.15, -0.1) is 22.9 Å². The number of hydrogen-bond donors (Lipinski definition) is 0. The Morgan fingerprint density at radius 2 is 2.50 bits per heavy atom. The van der Waals surface area contributed by atoms with Crippen LogP contribution in [0.2, 0.25) is 0 Å². The minimum Gasteiger partial charge on any atom is -0.242 e. The van der Waals surface area contributed by atoms with Gasteiger partial charge in [0.05, 0.1) is 0 Å². The maximum absolute atomic E-state index is 5.73. The summed E-state index contributed by atoms with van der Waals surface area (Å²) in [4.78, 5) is 4.33. The molecule has 0 atom stereocenters. The summed E-state index contributed by atoms with van der Waals surface area (Å²) in [5, 5.41) is 3.11. The van der Waals surface area contributed by atoms with Crippen LogP contribution in [0, 0.1) is 6.92 Å². The van der Waals surface area contributed by atoms with E-state index in [9.17, 15) is 0 Å². The van der Waals surface area contributed by atoms with Gasteiger partial charge in [-0.3, -0.25) is 0 Å². The molecule has 0 aliphatic rings. The first-order chi connectivity index (χ1) is 5.76. The lowest BCUT2D eigenvalue weighted by Crippen LogP contribution is -1.81. The zero-order chi connectivity index (χ0) is 8.97. The Labute approximate surface area is 82.1 Å². The predicted molar refractivity (Wildman–Crippen MR) is 55.8 cm³/mol. The third-order valence-electron chi connectivity index (χ3n) is 1.59. The molecular formula is C9H12ClNS. The standard InChI is InChI=1S/C9H12ClNS/c1-3-8(5-10)4-9-11-7(2)6-12-9/h4,6H,3,5H2,1-2H3. The van der Waals surface area contributed by atoms with Crippen molar-refractivity contribution in [1.29, 1.82) is 0 Å². The molecule has 0 saturated heterocycles. The van der Waals surface area contributed by atoms with Crippen molar-refractivity contribution in [2.24, 2.45) is 0 Å². The zero-order valence-corrected chi connectivity index (χ0v) is 8.87. The lowest BCUT2D eigenvalue weighted by atomic mass is 10.2. The number of aryl methyl sites for hydroxylation is 1. The van der Waals surface area contributed by atoms with Crippen LogP contribution < -0.4 is 0 Å². The molecule has 0 unspecified atom stereocenters. The Kier molecular flexibility index (Phi) is 3.76. The number of allylic oxidation sites excluding steroid dienone is 1. The van der Waals surface area contributed by atoms with Crippen LogP contribution in [-0.2, 0) is 0 Å².